The number of aromatic nitrogens is 3. The second-order valence-electron chi connectivity index (χ2n) is 8.29. The maximum absolute atomic E-state index is 12.8. The molecule has 168 valence electrons. The number of hydrogen-bond donors (Lipinski definition) is 2. The molecule has 0 spiro atoms. The van der Waals surface area contributed by atoms with Gasteiger partial charge in [-0.05, 0) is 37.1 Å². The van der Waals surface area contributed by atoms with Gasteiger partial charge >= 0.3 is 5.69 Å². The Bertz CT molecular complexity index is 1260. The van der Waals surface area contributed by atoms with Crippen molar-refractivity contribution in [3.63, 3.8) is 0 Å². The van der Waals surface area contributed by atoms with Crippen LogP contribution in [0.5, 0.6) is 0 Å². The number of carbonyl (C=O) groups excluding carboxylic acids is 1. The summed E-state index contributed by atoms with van der Waals surface area (Å²) in [5.74, 6) is -0.372. The number of nitrogens with one attached hydrogen (secondary N) is 2. The van der Waals surface area contributed by atoms with Crippen molar-refractivity contribution in [3.8, 4) is 0 Å². The van der Waals surface area contributed by atoms with Gasteiger partial charge in [0.1, 0.15) is 11.3 Å². The van der Waals surface area contributed by atoms with Crippen molar-refractivity contribution in [2.45, 2.75) is 39.1 Å². The van der Waals surface area contributed by atoms with E-state index in [4.69, 9.17) is 4.74 Å². The molecule has 9 nitrogen and oxygen atoms in total. The van der Waals surface area contributed by atoms with E-state index >= 15 is 0 Å². The first kappa shape index (κ1) is 21.9. The van der Waals surface area contributed by atoms with E-state index in [0.29, 0.717) is 6.54 Å². The van der Waals surface area contributed by atoms with Crippen LogP contribution in [-0.4, -0.2) is 50.6 Å². The molecule has 32 heavy (non-hydrogen) atoms. The fraction of sp³-hybridized carbons (Fsp3) is 0.391. The summed E-state index contributed by atoms with van der Waals surface area (Å²) >= 11 is 0. The van der Waals surface area contributed by atoms with Gasteiger partial charge in [-0.1, -0.05) is 24.3 Å². The van der Waals surface area contributed by atoms with Gasteiger partial charge in [0.2, 0.25) is 0 Å². The highest BCUT2D eigenvalue weighted by molar-refractivity contribution is 5.94. The number of amides is 1. The molecule has 1 amide bonds. The lowest BCUT2D eigenvalue weighted by Crippen LogP contribution is -2.45. The Labute approximate surface area is 185 Å². The quantitative estimate of drug-likeness (QED) is 0.620. The van der Waals surface area contributed by atoms with Crippen molar-refractivity contribution in [1.29, 1.82) is 0 Å². The van der Waals surface area contributed by atoms with Gasteiger partial charge in [-0.2, -0.15) is 0 Å². The number of morpholine rings is 1. The minimum Gasteiger partial charge on any atom is -0.373 e. The summed E-state index contributed by atoms with van der Waals surface area (Å²) in [7, 11) is 1.50. The van der Waals surface area contributed by atoms with Crippen LogP contribution in [0.25, 0.3) is 11.0 Å². The number of nitrogens with zero attached hydrogens (tertiary/aromatic N) is 3. The van der Waals surface area contributed by atoms with Gasteiger partial charge in [-0.3, -0.25) is 24.0 Å². The van der Waals surface area contributed by atoms with Gasteiger partial charge in [0.25, 0.3) is 11.5 Å². The van der Waals surface area contributed by atoms with Gasteiger partial charge in [-0.25, -0.2) is 9.78 Å². The van der Waals surface area contributed by atoms with Crippen molar-refractivity contribution in [3.05, 3.63) is 74.1 Å². The van der Waals surface area contributed by atoms with Gasteiger partial charge in [0.05, 0.1) is 17.6 Å². The van der Waals surface area contributed by atoms with Crippen LogP contribution in [0.2, 0.25) is 0 Å². The first-order valence-electron chi connectivity index (χ1n) is 10.6. The second-order valence-corrected chi connectivity index (χ2v) is 8.29. The SMILES string of the molecule is C[C@H]1CN(Cc2ccccc2CNC(=O)c2ccc3c(=O)[nH]c(=O)n(C)c3n2)C[C@H](C)O1. The molecule has 4 rings (SSSR count). The fourth-order valence-electron chi connectivity index (χ4n) is 4.16. The molecule has 1 aromatic carbocycles. The lowest BCUT2D eigenvalue weighted by atomic mass is 10.1. The normalized spacial score (nSPS) is 19.2. The Morgan fingerprint density at radius 3 is 2.53 bits per heavy atom. The number of ether oxygens (including phenoxy) is 1. The topological polar surface area (TPSA) is 109 Å². The summed E-state index contributed by atoms with van der Waals surface area (Å²) in [6, 6.07) is 11.0. The molecule has 0 bridgehead atoms. The van der Waals surface area contributed by atoms with Gasteiger partial charge < -0.3 is 10.1 Å². The van der Waals surface area contributed by atoms with Crippen molar-refractivity contribution in [2.75, 3.05) is 13.1 Å². The van der Waals surface area contributed by atoms with E-state index in [1.54, 1.807) is 0 Å². The molecule has 1 saturated heterocycles. The van der Waals surface area contributed by atoms with E-state index in [-0.39, 0.29) is 34.8 Å². The molecule has 1 aliphatic heterocycles. The number of aromatic amines is 1. The van der Waals surface area contributed by atoms with Crippen LogP contribution in [-0.2, 0) is 24.9 Å². The number of hydrogen-bond acceptors (Lipinski definition) is 6. The molecule has 0 radical (unpaired) electrons. The highest BCUT2D eigenvalue weighted by Crippen LogP contribution is 2.17. The minimum absolute atomic E-state index is 0.145. The van der Waals surface area contributed by atoms with Crippen molar-refractivity contribution in [2.24, 2.45) is 7.05 Å². The number of benzene rings is 1. The van der Waals surface area contributed by atoms with Crippen LogP contribution < -0.4 is 16.6 Å². The predicted octanol–water partition coefficient (Wildman–Crippen LogP) is 1.16. The third kappa shape index (κ3) is 4.63. The average Bonchev–Trinajstić information content (AvgIpc) is 2.75. The van der Waals surface area contributed by atoms with Crippen LogP contribution in [0, 0.1) is 0 Å². The standard InChI is InChI=1S/C23H27N5O4/c1-14-11-28(12-15(2)32-14)13-17-7-5-4-6-16(17)10-24-22(30)19-9-8-18-20(25-19)27(3)23(31)26-21(18)29/h4-9,14-15H,10-13H2,1-3H3,(H,24,30)(H,26,29,31)/t14-,15-/m0/s1. The Morgan fingerprint density at radius 2 is 1.81 bits per heavy atom. The number of fused-ring (bicyclic) bond motifs is 1. The predicted molar refractivity (Wildman–Crippen MR) is 121 cm³/mol. The van der Waals surface area contributed by atoms with E-state index in [9.17, 15) is 14.4 Å². The second kappa shape index (κ2) is 9.05. The zero-order valence-electron chi connectivity index (χ0n) is 18.4. The van der Waals surface area contributed by atoms with Crippen LogP contribution in [0.3, 0.4) is 0 Å². The van der Waals surface area contributed by atoms with Gasteiger partial charge in [0, 0.05) is 33.2 Å². The van der Waals surface area contributed by atoms with Crippen LogP contribution >= 0.6 is 0 Å². The monoisotopic (exact) mass is 437 g/mol. The molecule has 9 heteroatoms. The molecule has 2 aromatic heterocycles. The van der Waals surface area contributed by atoms with Crippen molar-refractivity contribution >= 4 is 16.9 Å². The number of aryl methyl sites for hydroxylation is 1. The maximum Gasteiger partial charge on any atom is 0.329 e. The fourth-order valence-corrected chi connectivity index (χ4v) is 4.16. The highest BCUT2D eigenvalue weighted by atomic mass is 16.5. The number of pyridine rings is 1. The molecule has 1 fully saturated rings. The summed E-state index contributed by atoms with van der Waals surface area (Å²) in [5.41, 5.74) is 1.39. The van der Waals surface area contributed by atoms with E-state index in [1.807, 2.05) is 18.2 Å². The summed E-state index contributed by atoms with van der Waals surface area (Å²) in [6.07, 6.45) is 0.376. The summed E-state index contributed by atoms with van der Waals surface area (Å²) in [4.78, 5) is 45.4. The van der Waals surface area contributed by atoms with Crippen LogP contribution in [0.1, 0.15) is 35.5 Å². The summed E-state index contributed by atoms with van der Waals surface area (Å²) in [6.45, 7) is 7.01. The lowest BCUT2D eigenvalue weighted by molar-refractivity contribution is -0.0705. The minimum atomic E-state index is -0.576. The zero-order valence-corrected chi connectivity index (χ0v) is 18.4. The number of H-pyrrole nitrogens is 1. The Kier molecular flexibility index (Phi) is 6.20. The molecule has 2 N–H and O–H groups in total. The molecule has 3 aromatic rings. The first-order valence-corrected chi connectivity index (χ1v) is 10.6. The smallest absolute Gasteiger partial charge is 0.329 e. The molecular formula is C23H27N5O4. The molecule has 0 aliphatic carbocycles. The van der Waals surface area contributed by atoms with Crippen molar-refractivity contribution < 1.29 is 9.53 Å². The Balaban J connectivity index is 1.49. The maximum atomic E-state index is 12.8. The third-order valence-corrected chi connectivity index (χ3v) is 5.64. The zero-order chi connectivity index (χ0) is 22.8. The number of carbonyl (C=O) groups is 1. The van der Waals surface area contributed by atoms with E-state index < -0.39 is 11.2 Å². The Morgan fingerprint density at radius 1 is 1.12 bits per heavy atom. The molecule has 2 atom stereocenters. The number of rotatable bonds is 5. The van der Waals surface area contributed by atoms with Crippen LogP contribution in [0.4, 0.5) is 0 Å². The lowest BCUT2D eigenvalue weighted by Gasteiger charge is -2.35. The van der Waals surface area contributed by atoms with Gasteiger partial charge in [-0.15, -0.1) is 0 Å². The molecular weight excluding hydrogens is 410 g/mol. The molecule has 0 saturated carbocycles. The Hall–Kier alpha value is -3.30. The van der Waals surface area contributed by atoms with E-state index in [1.165, 1.54) is 23.7 Å². The van der Waals surface area contributed by atoms with E-state index in [2.05, 4.69) is 40.1 Å². The largest absolute Gasteiger partial charge is 0.373 e. The van der Waals surface area contributed by atoms with Crippen LogP contribution in [0.15, 0.2) is 46.0 Å². The molecule has 3 heterocycles. The molecule has 0 unspecified atom stereocenters. The average molecular weight is 438 g/mol. The third-order valence-electron chi connectivity index (χ3n) is 5.64. The van der Waals surface area contributed by atoms with Gasteiger partial charge in [0.15, 0.2) is 0 Å². The highest BCUT2D eigenvalue weighted by Gasteiger charge is 2.22. The van der Waals surface area contributed by atoms with E-state index in [0.717, 1.165) is 30.8 Å². The first-order chi connectivity index (χ1) is 15.3. The van der Waals surface area contributed by atoms with Crippen molar-refractivity contribution in [1.82, 2.24) is 24.8 Å². The summed E-state index contributed by atoms with van der Waals surface area (Å²) in [5, 5.41) is 3.16. The molecule has 1 aliphatic rings. The summed E-state index contributed by atoms with van der Waals surface area (Å²) < 4.78 is 7.03.